The Morgan fingerprint density at radius 1 is 1.40 bits per heavy atom. The van der Waals surface area contributed by atoms with E-state index in [0.717, 1.165) is 12.1 Å². The molecule has 0 spiro atoms. The highest BCUT2D eigenvalue weighted by Crippen LogP contribution is 2.26. The van der Waals surface area contributed by atoms with E-state index in [1.807, 2.05) is 23.9 Å². The van der Waals surface area contributed by atoms with Crippen LogP contribution in [-0.2, 0) is 6.54 Å². The molecule has 1 nitrogen and oxygen atoms in total. The van der Waals surface area contributed by atoms with Crippen LogP contribution in [0, 0.1) is 5.82 Å². The summed E-state index contributed by atoms with van der Waals surface area (Å²) in [5.41, 5.74) is 1.15. The van der Waals surface area contributed by atoms with Crippen molar-refractivity contribution in [1.82, 2.24) is 5.32 Å². The second-order valence-electron chi connectivity index (χ2n) is 3.98. The molecule has 1 saturated heterocycles. The van der Waals surface area contributed by atoms with Crippen LogP contribution in [0.3, 0.4) is 0 Å². The summed E-state index contributed by atoms with van der Waals surface area (Å²) in [6.07, 6.45) is 1.24. The Bertz CT molecular complexity index is 312. The summed E-state index contributed by atoms with van der Waals surface area (Å²) in [5, 5.41) is 4.22. The lowest BCUT2D eigenvalue weighted by molar-refractivity contribution is 0.512. The molecule has 0 amide bonds. The number of rotatable bonds is 3. The van der Waals surface area contributed by atoms with Crippen LogP contribution in [0.15, 0.2) is 24.3 Å². The molecular weight excluding hydrogens is 209 g/mol. The maximum absolute atomic E-state index is 12.7. The molecule has 0 radical (unpaired) electrons. The van der Waals surface area contributed by atoms with Crippen molar-refractivity contribution in [3.63, 3.8) is 0 Å². The van der Waals surface area contributed by atoms with Gasteiger partial charge in [-0.1, -0.05) is 19.1 Å². The zero-order valence-corrected chi connectivity index (χ0v) is 9.69. The van der Waals surface area contributed by atoms with Gasteiger partial charge < -0.3 is 5.32 Å². The lowest BCUT2D eigenvalue weighted by Gasteiger charge is -2.16. The van der Waals surface area contributed by atoms with Gasteiger partial charge in [-0.15, -0.1) is 0 Å². The van der Waals surface area contributed by atoms with Gasteiger partial charge >= 0.3 is 0 Å². The standard InChI is InChI=1S/C12H16FNS/c1-9-12(6-7-15-9)14-8-10-2-4-11(13)5-3-10/h2-5,9,12,14H,6-8H2,1H3. The van der Waals surface area contributed by atoms with Crippen LogP contribution >= 0.6 is 11.8 Å². The molecule has 82 valence electrons. The van der Waals surface area contributed by atoms with E-state index in [9.17, 15) is 4.39 Å². The first-order chi connectivity index (χ1) is 7.25. The zero-order valence-electron chi connectivity index (χ0n) is 8.87. The molecule has 2 rings (SSSR count). The van der Waals surface area contributed by atoms with Gasteiger partial charge in [0.05, 0.1) is 0 Å². The molecule has 1 aromatic rings. The van der Waals surface area contributed by atoms with Gasteiger partial charge in [0.15, 0.2) is 0 Å². The van der Waals surface area contributed by atoms with E-state index in [4.69, 9.17) is 0 Å². The van der Waals surface area contributed by atoms with Crippen LogP contribution < -0.4 is 5.32 Å². The summed E-state index contributed by atoms with van der Waals surface area (Å²) in [7, 11) is 0. The third-order valence-electron chi connectivity index (χ3n) is 2.86. The summed E-state index contributed by atoms with van der Waals surface area (Å²) in [5.74, 6) is 1.09. The smallest absolute Gasteiger partial charge is 0.123 e. The van der Waals surface area contributed by atoms with E-state index in [1.54, 1.807) is 0 Å². The quantitative estimate of drug-likeness (QED) is 0.849. The third kappa shape index (κ3) is 2.95. The Labute approximate surface area is 94.5 Å². The Morgan fingerprint density at radius 2 is 2.13 bits per heavy atom. The topological polar surface area (TPSA) is 12.0 Å². The summed E-state index contributed by atoms with van der Waals surface area (Å²) >= 11 is 2.02. The van der Waals surface area contributed by atoms with Gasteiger partial charge in [-0.2, -0.15) is 11.8 Å². The van der Waals surface area contributed by atoms with Crippen molar-refractivity contribution in [2.24, 2.45) is 0 Å². The molecule has 0 aromatic heterocycles. The molecule has 1 heterocycles. The van der Waals surface area contributed by atoms with Gasteiger partial charge in [-0.25, -0.2) is 4.39 Å². The average molecular weight is 225 g/mol. The van der Waals surface area contributed by atoms with Crippen molar-refractivity contribution >= 4 is 11.8 Å². The van der Waals surface area contributed by atoms with Crippen LogP contribution in [0.1, 0.15) is 18.9 Å². The number of halogens is 1. The van der Waals surface area contributed by atoms with Crippen LogP contribution in [0.2, 0.25) is 0 Å². The van der Waals surface area contributed by atoms with Crippen molar-refractivity contribution in [2.45, 2.75) is 31.2 Å². The first-order valence-electron chi connectivity index (χ1n) is 5.35. The second kappa shape index (κ2) is 4.99. The van der Waals surface area contributed by atoms with Gasteiger partial charge in [0.25, 0.3) is 0 Å². The normalized spacial score (nSPS) is 25.7. The fourth-order valence-electron chi connectivity index (χ4n) is 1.85. The molecule has 0 bridgehead atoms. The van der Waals surface area contributed by atoms with Crippen LogP contribution in [0.4, 0.5) is 4.39 Å². The largest absolute Gasteiger partial charge is 0.309 e. The van der Waals surface area contributed by atoms with Gasteiger partial charge in [0.1, 0.15) is 5.82 Å². The van der Waals surface area contributed by atoms with Crippen LogP contribution in [0.25, 0.3) is 0 Å². The van der Waals surface area contributed by atoms with E-state index in [2.05, 4.69) is 12.2 Å². The molecule has 1 N–H and O–H groups in total. The summed E-state index contributed by atoms with van der Waals surface area (Å²) in [6, 6.07) is 7.33. The Morgan fingerprint density at radius 3 is 2.73 bits per heavy atom. The molecule has 1 aliphatic heterocycles. The first-order valence-corrected chi connectivity index (χ1v) is 6.40. The highest BCUT2D eigenvalue weighted by atomic mass is 32.2. The van der Waals surface area contributed by atoms with Crippen molar-refractivity contribution in [2.75, 3.05) is 5.75 Å². The maximum atomic E-state index is 12.7. The Kier molecular flexibility index (Phi) is 3.65. The maximum Gasteiger partial charge on any atom is 0.123 e. The highest BCUT2D eigenvalue weighted by molar-refractivity contribution is 8.00. The average Bonchev–Trinajstić information content (AvgIpc) is 2.63. The van der Waals surface area contributed by atoms with Crippen molar-refractivity contribution in [3.05, 3.63) is 35.6 Å². The minimum absolute atomic E-state index is 0.163. The summed E-state index contributed by atoms with van der Waals surface area (Å²) < 4.78 is 12.7. The highest BCUT2D eigenvalue weighted by Gasteiger charge is 2.22. The minimum atomic E-state index is -0.163. The second-order valence-corrected chi connectivity index (χ2v) is 5.46. The molecule has 1 fully saturated rings. The predicted molar refractivity (Wildman–Crippen MR) is 63.6 cm³/mol. The van der Waals surface area contributed by atoms with Crippen molar-refractivity contribution in [3.8, 4) is 0 Å². The number of thioether (sulfide) groups is 1. The minimum Gasteiger partial charge on any atom is -0.309 e. The first kappa shape index (κ1) is 11.0. The fraction of sp³-hybridized carbons (Fsp3) is 0.500. The van der Waals surface area contributed by atoms with Gasteiger partial charge in [-0.05, 0) is 29.9 Å². The lowest BCUT2D eigenvalue weighted by Crippen LogP contribution is -2.32. The monoisotopic (exact) mass is 225 g/mol. The number of nitrogens with one attached hydrogen (secondary N) is 1. The summed E-state index contributed by atoms with van der Waals surface area (Å²) in [6.45, 7) is 3.11. The Hall–Kier alpha value is -0.540. The van der Waals surface area contributed by atoms with Crippen LogP contribution in [0.5, 0.6) is 0 Å². The molecular formula is C12H16FNS. The molecule has 2 atom stereocenters. The van der Waals surface area contributed by atoms with E-state index in [0.29, 0.717) is 11.3 Å². The van der Waals surface area contributed by atoms with Crippen LogP contribution in [-0.4, -0.2) is 17.0 Å². The fourth-order valence-corrected chi connectivity index (χ4v) is 3.08. The van der Waals surface area contributed by atoms with Crippen molar-refractivity contribution in [1.29, 1.82) is 0 Å². The molecule has 0 aliphatic carbocycles. The number of benzene rings is 1. The molecule has 1 aliphatic rings. The van der Waals surface area contributed by atoms with Gasteiger partial charge in [0, 0.05) is 17.8 Å². The molecule has 0 saturated carbocycles. The zero-order chi connectivity index (χ0) is 10.7. The van der Waals surface area contributed by atoms with E-state index in [1.165, 1.54) is 24.3 Å². The van der Waals surface area contributed by atoms with E-state index in [-0.39, 0.29) is 5.82 Å². The summed E-state index contributed by atoms with van der Waals surface area (Å²) in [4.78, 5) is 0. The predicted octanol–water partition coefficient (Wildman–Crippen LogP) is 2.81. The molecule has 2 unspecified atom stereocenters. The number of hydrogen-bond acceptors (Lipinski definition) is 2. The van der Waals surface area contributed by atoms with E-state index >= 15 is 0 Å². The number of hydrogen-bond donors (Lipinski definition) is 1. The molecule has 3 heteroatoms. The van der Waals surface area contributed by atoms with E-state index < -0.39 is 0 Å². The van der Waals surface area contributed by atoms with Gasteiger partial charge in [-0.3, -0.25) is 0 Å². The van der Waals surface area contributed by atoms with Crippen molar-refractivity contribution < 1.29 is 4.39 Å². The SMILES string of the molecule is CC1SCCC1NCc1ccc(F)cc1. The third-order valence-corrected chi connectivity index (χ3v) is 4.18. The molecule has 1 aromatic carbocycles. The molecule has 15 heavy (non-hydrogen) atoms. The lowest BCUT2D eigenvalue weighted by atomic mass is 10.1. The van der Waals surface area contributed by atoms with Gasteiger partial charge in [0.2, 0.25) is 0 Å². The Balaban J connectivity index is 1.85.